The van der Waals surface area contributed by atoms with Crippen LogP contribution in [0.3, 0.4) is 0 Å². The molecule has 0 spiro atoms. The summed E-state index contributed by atoms with van der Waals surface area (Å²) >= 11 is 0. The second-order valence-corrected chi connectivity index (χ2v) is 22.1. The van der Waals surface area contributed by atoms with Crippen molar-refractivity contribution < 1.29 is 57.2 Å². The molecule has 493 valence electrons. The van der Waals surface area contributed by atoms with Crippen LogP contribution in [0.2, 0.25) is 0 Å². The van der Waals surface area contributed by atoms with E-state index in [2.05, 4.69) is 21.3 Å². The second kappa shape index (κ2) is 30.8. The molecule has 29 heteroatoms. The first-order chi connectivity index (χ1) is 44.1. The summed E-state index contributed by atoms with van der Waals surface area (Å²) in [5.41, 5.74) is 0.0472. The van der Waals surface area contributed by atoms with Crippen molar-refractivity contribution in [2.24, 2.45) is 0 Å². The smallest absolute Gasteiger partial charge is 0.341 e. The number of aromatic nitrogens is 4. The first-order valence-corrected chi connectivity index (χ1v) is 30.3. The number of fused-ring (bicyclic) bond motifs is 4. The van der Waals surface area contributed by atoms with Gasteiger partial charge >= 0.3 is 23.9 Å². The molecule has 4 aromatic heterocycles. The number of carboxylic acids is 4. The minimum Gasteiger partial charge on any atom is -0.477 e. The summed E-state index contributed by atoms with van der Waals surface area (Å²) in [6, 6.07) is 11.2. The fourth-order valence-electron chi connectivity index (χ4n) is 11.8. The van der Waals surface area contributed by atoms with Gasteiger partial charge in [-0.05, 0) is 76.2 Å². The maximum absolute atomic E-state index is 14.5. The summed E-state index contributed by atoms with van der Waals surface area (Å²) in [6.07, 6.45) is 5.30. The van der Waals surface area contributed by atoms with Crippen molar-refractivity contribution in [3.63, 3.8) is 0 Å². The predicted molar refractivity (Wildman–Crippen MR) is 349 cm³/mol. The summed E-state index contributed by atoms with van der Waals surface area (Å²) in [4.78, 5) is 102. The first-order valence-electron chi connectivity index (χ1n) is 30.3. The van der Waals surface area contributed by atoms with Gasteiger partial charge in [0.2, 0.25) is 21.7 Å². The molecular weight excluding hydrogens is 1410 g/mol. The van der Waals surface area contributed by atoms with Crippen molar-refractivity contribution >= 4 is 116 Å². The molecule has 0 aliphatic carbocycles. The van der Waals surface area contributed by atoms with E-state index in [4.69, 9.17) is 20.4 Å². The van der Waals surface area contributed by atoms with E-state index < -0.39 is 68.9 Å². The van der Waals surface area contributed by atoms with Crippen molar-refractivity contribution in [2.45, 2.75) is 53.9 Å². The van der Waals surface area contributed by atoms with E-state index >= 15 is 0 Å². The van der Waals surface area contributed by atoms with Gasteiger partial charge in [0, 0.05) is 203 Å². The number of carbonyl (C=O) groups is 4. The monoisotopic (exact) mass is 1490 g/mol. The number of benzene rings is 4. The van der Waals surface area contributed by atoms with Crippen LogP contribution >= 0.6 is 0 Å². The van der Waals surface area contributed by atoms with Crippen molar-refractivity contribution in [3.8, 4) is 0 Å². The van der Waals surface area contributed by atoms with Crippen LogP contribution in [0.4, 0.5) is 40.3 Å². The number of nitrogens with one attached hydrogen (secondary N) is 4. The Hall–Kier alpha value is -8.76. The van der Waals surface area contributed by atoms with E-state index in [1.807, 2.05) is 47.3 Å². The largest absolute Gasteiger partial charge is 0.477 e. The molecule has 8 N–H and O–H groups in total. The van der Waals surface area contributed by atoms with Gasteiger partial charge in [0.25, 0.3) is 0 Å². The minimum absolute atomic E-state index is 0. The number of hydrogen-bond donors (Lipinski definition) is 8. The molecule has 3 radical (unpaired) electrons. The van der Waals surface area contributed by atoms with Crippen LogP contribution in [0.25, 0.3) is 43.6 Å². The van der Waals surface area contributed by atoms with Gasteiger partial charge in [0.15, 0.2) is 0 Å². The van der Waals surface area contributed by atoms with Crippen LogP contribution in [0.1, 0.15) is 69.1 Å². The fourth-order valence-corrected chi connectivity index (χ4v) is 11.8. The Labute approximate surface area is 548 Å². The average Bonchev–Trinajstić information content (AvgIpc) is 0.801. The Balaban J connectivity index is 0.000000159. The van der Waals surface area contributed by atoms with Crippen molar-refractivity contribution in [3.05, 3.63) is 160 Å². The van der Waals surface area contributed by atoms with Crippen LogP contribution < -0.4 is 62.6 Å². The molecule has 0 amide bonds. The first kappa shape index (κ1) is 70.1. The zero-order valence-electron chi connectivity index (χ0n) is 51.7. The molecule has 8 aromatic rings. The van der Waals surface area contributed by atoms with Crippen molar-refractivity contribution in [1.82, 2.24) is 39.5 Å². The number of pyridine rings is 4. The number of rotatable bonds is 12. The molecule has 0 bridgehead atoms. The van der Waals surface area contributed by atoms with Gasteiger partial charge in [0.1, 0.15) is 45.5 Å². The van der Waals surface area contributed by atoms with Gasteiger partial charge in [-0.15, -0.1) is 0 Å². The van der Waals surface area contributed by atoms with Crippen LogP contribution in [0.15, 0.2) is 92.5 Å². The maximum atomic E-state index is 14.5. The third-order valence-electron chi connectivity index (χ3n) is 16.7. The number of anilines is 4. The SMILES string of the molecule is CCn1cc(C(=O)O)c(=O)c2cc(F)c(N3CCNCC3)cc21.CCn1cc(C(=O)O)c(=O)c2cc(F)c(N3CCNCC3)cc21.CCn1cc(C(=O)O)c(=O)c2cc(F)c(N3CCNCC3)cc21.CCn1cc(C(=O)O)c(=O)c2cc(F)c(N3CCNCC3)cc21.[Bi]. The molecule has 4 aromatic carbocycles. The molecule has 0 unspecified atom stereocenters. The van der Waals surface area contributed by atoms with Crippen LogP contribution in [-0.4, -0.2) is 193 Å². The van der Waals surface area contributed by atoms with E-state index in [0.717, 1.165) is 76.6 Å². The molecule has 0 saturated carbocycles. The average molecular weight is 1490 g/mol. The van der Waals surface area contributed by atoms with Crippen molar-refractivity contribution in [2.75, 3.05) is 124 Å². The van der Waals surface area contributed by atoms with Crippen molar-refractivity contribution in [1.29, 1.82) is 0 Å². The molecule has 4 fully saturated rings. The van der Waals surface area contributed by atoms with E-state index in [0.29, 0.717) is 123 Å². The van der Waals surface area contributed by atoms with Gasteiger partial charge in [-0.1, -0.05) is 0 Å². The molecule has 93 heavy (non-hydrogen) atoms. The van der Waals surface area contributed by atoms with Gasteiger partial charge in [-0.3, -0.25) is 19.2 Å². The number of nitrogens with zero attached hydrogens (tertiary/aromatic N) is 8. The quantitative estimate of drug-likeness (QED) is 0.0608. The standard InChI is InChI=1S/4C16H18FN3O3.Bi/c4*1-2-19-9-11(16(22)23)15(21)10-7-12(17)14(8-13(10)19)20-5-3-18-4-6-20;/h4*7-9,18H,2-6H2,1H3,(H,22,23);. The molecule has 24 nitrogen and oxygen atoms in total. The Morgan fingerprint density at radius 3 is 0.667 bits per heavy atom. The number of halogens is 4. The molecule has 4 aliphatic heterocycles. The molecule has 4 saturated heterocycles. The van der Waals surface area contributed by atoms with Crippen LogP contribution in [-0.2, 0) is 26.2 Å². The molecular formula is C64H72BiF4N12O12. The molecule has 4 aliphatic rings. The van der Waals surface area contributed by atoms with Gasteiger partial charge in [-0.25, -0.2) is 36.7 Å². The van der Waals surface area contributed by atoms with Crippen LogP contribution in [0.5, 0.6) is 0 Å². The number of aryl methyl sites for hydroxylation is 4. The van der Waals surface area contributed by atoms with Gasteiger partial charge in [0.05, 0.1) is 44.8 Å². The van der Waals surface area contributed by atoms with E-state index in [1.165, 1.54) is 24.8 Å². The Bertz CT molecular complexity index is 3870. The van der Waals surface area contributed by atoms with Crippen LogP contribution in [0, 0.1) is 23.3 Å². The second-order valence-electron chi connectivity index (χ2n) is 22.1. The van der Waals surface area contributed by atoms with Gasteiger partial charge in [-0.2, -0.15) is 0 Å². The minimum atomic E-state index is -1.30. The number of carboxylic acid groups (broad SMARTS) is 4. The molecule has 0 atom stereocenters. The third kappa shape index (κ3) is 15.0. The summed E-state index contributed by atoms with van der Waals surface area (Å²) < 4.78 is 64.7. The summed E-state index contributed by atoms with van der Waals surface area (Å²) in [6.45, 7) is 21.0. The number of hydrogen-bond acceptors (Lipinski definition) is 16. The number of piperazine rings is 4. The Morgan fingerprint density at radius 2 is 0.516 bits per heavy atom. The topological polar surface area (TPSA) is 298 Å². The number of aromatic carboxylic acids is 4. The van der Waals surface area contributed by atoms with E-state index in [-0.39, 0.29) is 70.0 Å². The summed E-state index contributed by atoms with van der Waals surface area (Å²) in [5, 5.41) is 49.8. The zero-order valence-corrected chi connectivity index (χ0v) is 55.1. The molecule has 12 rings (SSSR count). The summed E-state index contributed by atoms with van der Waals surface area (Å²) in [7, 11) is 0. The Kier molecular flexibility index (Phi) is 23.2. The van der Waals surface area contributed by atoms with E-state index in [1.54, 1.807) is 42.5 Å². The normalized spacial score (nSPS) is 15.0. The Morgan fingerprint density at radius 1 is 0.344 bits per heavy atom. The fraction of sp³-hybridized carbons (Fsp3) is 0.375. The zero-order chi connectivity index (χ0) is 66.2. The maximum Gasteiger partial charge on any atom is 0.341 e. The molecule has 8 heterocycles. The predicted octanol–water partition coefficient (Wildman–Crippen LogP) is 4.69. The van der Waals surface area contributed by atoms with Gasteiger partial charge < -0.3 is 79.6 Å². The third-order valence-corrected chi connectivity index (χ3v) is 16.7. The summed E-state index contributed by atoms with van der Waals surface area (Å²) in [5.74, 6) is -7.19. The van der Waals surface area contributed by atoms with E-state index in [9.17, 15) is 55.9 Å².